The molecule has 3 rings (SSSR count). The van der Waals surface area contributed by atoms with E-state index in [2.05, 4.69) is 5.32 Å². The monoisotopic (exact) mass is 430 g/mol. The molecule has 1 heterocycles. The van der Waals surface area contributed by atoms with Gasteiger partial charge in [-0.15, -0.1) is 0 Å². The maximum absolute atomic E-state index is 14.2. The van der Waals surface area contributed by atoms with Gasteiger partial charge in [0.25, 0.3) is 5.91 Å². The summed E-state index contributed by atoms with van der Waals surface area (Å²) in [4.78, 5) is 49.0. The molecule has 2 amide bonds. The number of hydrogen-bond acceptors (Lipinski definition) is 4. The Balaban J connectivity index is 1.61. The van der Waals surface area contributed by atoms with Crippen molar-refractivity contribution in [3.8, 4) is 0 Å². The summed E-state index contributed by atoms with van der Waals surface area (Å²) in [5.41, 5.74) is -1.35. The van der Waals surface area contributed by atoms with E-state index in [0.717, 1.165) is 4.90 Å². The zero-order chi connectivity index (χ0) is 22.6. The molecule has 31 heavy (non-hydrogen) atoms. The highest BCUT2D eigenvalue weighted by Crippen LogP contribution is 2.31. The van der Waals surface area contributed by atoms with E-state index in [1.165, 1.54) is 24.3 Å². The third-order valence-electron chi connectivity index (χ3n) is 5.08. The Morgan fingerprint density at radius 1 is 1.00 bits per heavy atom. The minimum Gasteiger partial charge on any atom is -0.480 e. The van der Waals surface area contributed by atoms with E-state index in [1.54, 1.807) is 30.3 Å². The van der Waals surface area contributed by atoms with Crippen LogP contribution in [-0.2, 0) is 9.59 Å². The van der Waals surface area contributed by atoms with Crippen molar-refractivity contribution in [3.63, 3.8) is 0 Å². The summed E-state index contributed by atoms with van der Waals surface area (Å²) >= 11 is 0. The Bertz CT molecular complexity index is 997. The topological polar surface area (TPSA) is 104 Å². The molecule has 1 unspecified atom stereocenters. The summed E-state index contributed by atoms with van der Waals surface area (Å²) in [6, 6.07) is 12.9. The number of hydrogen-bond donors (Lipinski definition) is 2. The molecule has 0 spiro atoms. The molecule has 1 saturated heterocycles. The lowest BCUT2D eigenvalue weighted by molar-refractivity contribution is -0.147. The lowest BCUT2D eigenvalue weighted by atomic mass is 10.0. The SMILES string of the molecule is O=C(NCC(=O)N1CC(F)(CF)C[C@@H]1C(=O)O)c1ccc(C(=O)c2ccccc2)cc1. The van der Waals surface area contributed by atoms with Gasteiger partial charge in [0.05, 0.1) is 13.1 Å². The Morgan fingerprint density at radius 2 is 1.58 bits per heavy atom. The van der Waals surface area contributed by atoms with Crippen molar-refractivity contribution >= 4 is 23.6 Å². The quantitative estimate of drug-likeness (QED) is 0.654. The number of carboxylic acid groups (broad SMARTS) is 1. The third-order valence-corrected chi connectivity index (χ3v) is 5.08. The number of likely N-dealkylation sites (tertiary alicyclic amines) is 1. The first-order chi connectivity index (χ1) is 14.7. The van der Waals surface area contributed by atoms with Gasteiger partial charge < -0.3 is 15.3 Å². The van der Waals surface area contributed by atoms with E-state index in [1.807, 2.05) is 0 Å². The van der Waals surface area contributed by atoms with Gasteiger partial charge in [-0.2, -0.15) is 0 Å². The van der Waals surface area contributed by atoms with E-state index in [4.69, 9.17) is 0 Å². The van der Waals surface area contributed by atoms with Crippen LogP contribution in [0.15, 0.2) is 54.6 Å². The summed E-state index contributed by atoms with van der Waals surface area (Å²) in [5.74, 6) is -3.11. The predicted octanol–water partition coefficient (Wildman–Crippen LogP) is 2.01. The summed E-state index contributed by atoms with van der Waals surface area (Å²) < 4.78 is 27.1. The van der Waals surface area contributed by atoms with Gasteiger partial charge in [0.1, 0.15) is 12.7 Å². The minimum absolute atomic E-state index is 0.178. The number of benzene rings is 2. The fourth-order valence-electron chi connectivity index (χ4n) is 3.40. The number of nitrogens with zero attached hydrogens (tertiary/aromatic N) is 1. The molecule has 0 aromatic heterocycles. The summed E-state index contributed by atoms with van der Waals surface area (Å²) in [5, 5.41) is 11.5. The average Bonchev–Trinajstić information content (AvgIpc) is 3.16. The molecular weight excluding hydrogens is 410 g/mol. The molecule has 1 aliphatic rings. The highest BCUT2D eigenvalue weighted by atomic mass is 19.2. The molecule has 0 bridgehead atoms. The Labute approximate surface area is 176 Å². The molecule has 162 valence electrons. The normalized spacial score (nSPS) is 20.3. The summed E-state index contributed by atoms with van der Waals surface area (Å²) in [6.07, 6.45) is -0.643. The lowest BCUT2D eigenvalue weighted by Crippen LogP contribution is -2.46. The van der Waals surface area contributed by atoms with E-state index >= 15 is 0 Å². The highest BCUT2D eigenvalue weighted by Gasteiger charge is 2.49. The highest BCUT2D eigenvalue weighted by molar-refractivity contribution is 6.09. The molecule has 0 radical (unpaired) electrons. The molecule has 0 saturated carbocycles. The maximum atomic E-state index is 14.2. The Kier molecular flexibility index (Phi) is 6.43. The molecule has 0 aliphatic carbocycles. The number of carboxylic acids is 1. The minimum atomic E-state index is -2.41. The van der Waals surface area contributed by atoms with E-state index in [9.17, 15) is 33.1 Å². The molecule has 7 nitrogen and oxygen atoms in total. The van der Waals surface area contributed by atoms with Gasteiger partial charge in [0, 0.05) is 23.1 Å². The van der Waals surface area contributed by atoms with E-state index in [0.29, 0.717) is 11.1 Å². The molecule has 1 aliphatic heterocycles. The number of alkyl halides is 2. The zero-order valence-electron chi connectivity index (χ0n) is 16.4. The molecule has 1 fully saturated rings. The number of carbonyl (C=O) groups is 4. The number of carbonyl (C=O) groups excluding carboxylic acids is 3. The molecular formula is C22H20F2N2O5. The van der Waals surface area contributed by atoms with Crippen molar-refractivity contribution in [2.45, 2.75) is 18.1 Å². The maximum Gasteiger partial charge on any atom is 0.326 e. The van der Waals surface area contributed by atoms with Crippen molar-refractivity contribution in [1.29, 1.82) is 0 Å². The second kappa shape index (κ2) is 9.03. The molecule has 9 heteroatoms. The third kappa shape index (κ3) is 4.93. The number of halogens is 2. The summed E-state index contributed by atoms with van der Waals surface area (Å²) in [7, 11) is 0. The fourth-order valence-corrected chi connectivity index (χ4v) is 3.40. The second-order valence-electron chi connectivity index (χ2n) is 7.32. The number of nitrogens with one attached hydrogen (secondary N) is 1. The van der Waals surface area contributed by atoms with Gasteiger partial charge in [-0.05, 0) is 12.1 Å². The average molecular weight is 430 g/mol. The lowest BCUT2D eigenvalue weighted by Gasteiger charge is -2.21. The fraction of sp³-hybridized carbons (Fsp3) is 0.273. The molecule has 2 N–H and O–H groups in total. The van der Waals surface area contributed by atoms with E-state index < -0.39 is 55.7 Å². The van der Waals surface area contributed by atoms with Crippen LogP contribution in [0.2, 0.25) is 0 Å². The van der Waals surface area contributed by atoms with Crippen LogP contribution in [0, 0.1) is 0 Å². The van der Waals surface area contributed by atoms with Crippen LogP contribution in [0.1, 0.15) is 32.7 Å². The molecule has 2 aromatic carbocycles. The number of amides is 2. The van der Waals surface area contributed by atoms with Gasteiger partial charge >= 0.3 is 5.97 Å². The first kappa shape index (κ1) is 22.1. The Hall–Kier alpha value is -3.62. The first-order valence-electron chi connectivity index (χ1n) is 9.49. The largest absolute Gasteiger partial charge is 0.480 e. The predicted molar refractivity (Wildman–Crippen MR) is 106 cm³/mol. The van der Waals surface area contributed by atoms with Gasteiger partial charge in [0.15, 0.2) is 11.5 Å². The first-order valence-corrected chi connectivity index (χ1v) is 9.49. The summed E-state index contributed by atoms with van der Waals surface area (Å²) in [6.45, 7) is -2.66. The van der Waals surface area contributed by atoms with Crippen LogP contribution < -0.4 is 5.32 Å². The Morgan fingerprint density at radius 3 is 2.16 bits per heavy atom. The van der Waals surface area contributed by atoms with Crippen LogP contribution in [-0.4, -0.2) is 65.0 Å². The van der Waals surface area contributed by atoms with Gasteiger partial charge in [-0.25, -0.2) is 13.6 Å². The van der Waals surface area contributed by atoms with Crippen molar-refractivity contribution in [1.82, 2.24) is 10.2 Å². The second-order valence-corrected chi connectivity index (χ2v) is 7.32. The number of aliphatic carboxylic acids is 1. The van der Waals surface area contributed by atoms with Gasteiger partial charge in [-0.3, -0.25) is 14.4 Å². The van der Waals surface area contributed by atoms with E-state index in [-0.39, 0.29) is 11.3 Å². The van der Waals surface area contributed by atoms with Crippen LogP contribution in [0.4, 0.5) is 8.78 Å². The van der Waals surface area contributed by atoms with Gasteiger partial charge in [-0.1, -0.05) is 42.5 Å². The number of rotatable bonds is 7. The smallest absolute Gasteiger partial charge is 0.326 e. The molecule has 2 atom stereocenters. The van der Waals surface area contributed by atoms with Crippen molar-refractivity contribution in [3.05, 3.63) is 71.3 Å². The van der Waals surface area contributed by atoms with Crippen LogP contribution >= 0.6 is 0 Å². The van der Waals surface area contributed by atoms with Gasteiger partial charge in [0.2, 0.25) is 5.91 Å². The van der Waals surface area contributed by atoms with Crippen LogP contribution in [0.3, 0.4) is 0 Å². The zero-order valence-corrected chi connectivity index (χ0v) is 16.4. The van der Waals surface area contributed by atoms with Crippen LogP contribution in [0.25, 0.3) is 0 Å². The van der Waals surface area contributed by atoms with Crippen molar-refractivity contribution in [2.24, 2.45) is 0 Å². The molecule has 2 aromatic rings. The van der Waals surface area contributed by atoms with Crippen molar-refractivity contribution < 1.29 is 33.1 Å². The van der Waals surface area contributed by atoms with Crippen LogP contribution in [0.5, 0.6) is 0 Å². The number of ketones is 1. The standard InChI is InChI=1S/C22H20F2N2O5/c23-12-22(24)10-17(21(30)31)26(13-22)18(27)11-25-20(29)16-8-6-15(7-9-16)19(28)14-4-2-1-3-5-14/h1-9,17H,10-13H2,(H,25,29)(H,30,31)/t17-,22?/m1/s1. The van der Waals surface area contributed by atoms with Crippen molar-refractivity contribution in [2.75, 3.05) is 19.8 Å².